The van der Waals surface area contributed by atoms with Crippen molar-refractivity contribution in [3.8, 4) is 11.8 Å². The highest BCUT2D eigenvalue weighted by Crippen LogP contribution is 2.38. The van der Waals surface area contributed by atoms with Crippen molar-refractivity contribution in [2.24, 2.45) is 0 Å². The van der Waals surface area contributed by atoms with Crippen LogP contribution in [0.5, 0.6) is 5.75 Å². The number of rotatable bonds is 3. The van der Waals surface area contributed by atoms with Crippen LogP contribution < -0.4 is 10.1 Å². The lowest BCUT2D eigenvalue weighted by Crippen LogP contribution is -2.17. The van der Waals surface area contributed by atoms with Crippen molar-refractivity contribution in [1.29, 1.82) is 5.26 Å². The minimum Gasteiger partial charge on any atom is -0.479 e. The first-order chi connectivity index (χ1) is 10.8. The standard InChI is InChI=1S/C17H12N2O2S/c18-9-10-21-13-7-5-12(6-8-13)11-16-17(20)19-14-3-1-2-4-15(14)22-16/h1-8,11H,10H2,(H,19,20)/b16-11-. The summed E-state index contributed by atoms with van der Waals surface area (Å²) >= 11 is 1.45. The Morgan fingerprint density at radius 1 is 1.18 bits per heavy atom. The van der Waals surface area contributed by atoms with E-state index in [-0.39, 0.29) is 12.5 Å². The molecule has 0 spiro atoms. The molecule has 1 heterocycles. The van der Waals surface area contributed by atoms with Gasteiger partial charge >= 0.3 is 0 Å². The highest BCUT2D eigenvalue weighted by atomic mass is 32.2. The maximum atomic E-state index is 12.1. The van der Waals surface area contributed by atoms with Crippen molar-refractivity contribution in [1.82, 2.24) is 0 Å². The van der Waals surface area contributed by atoms with Crippen molar-refractivity contribution >= 4 is 29.4 Å². The van der Waals surface area contributed by atoms with Gasteiger partial charge in [-0.25, -0.2) is 0 Å². The molecule has 0 saturated heterocycles. The molecule has 0 bridgehead atoms. The van der Waals surface area contributed by atoms with Gasteiger partial charge in [-0.2, -0.15) is 5.26 Å². The van der Waals surface area contributed by atoms with Crippen LogP contribution in [-0.2, 0) is 4.79 Å². The normalized spacial score (nSPS) is 14.9. The van der Waals surface area contributed by atoms with E-state index in [4.69, 9.17) is 10.00 Å². The Hall–Kier alpha value is -2.71. The molecule has 5 heteroatoms. The van der Waals surface area contributed by atoms with Gasteiger partial charge in [-0.05, 0) is 35.9 Å². The van der Waals surface area contributed by atoms with Crippen LogP contribution >= 0.6 is 11.8 Å². The molecule has 0 unspecified atom stereocenters. The Balaban J connectivity index is 1.80. The molecule has 22 heavy (non-hydrogen) atoms. The van der Waals surface area contributed by atoms with Crippen LogP contribution in [-0.4, -0.2) is 12.5 Å². The number of benzene rings is 2. The van der Waals surface area contributed by atoms with Crippen LogP contribution in [0, 0.1) is 11.3 Å². The lowest BCUT2D eigenvalue weighted by atomic mass is 10.2. The van der Waals surface area contributed by atoms with E-state index in [0.717, 1.165) is 16.1 Å². The summed E-state index contributed by atoms with van der Waals surface area (Å²) in [4.78, 5) is 13.8. The number of carbonyl (C=O) groups excluding carboxylic acids is 1. The predicted octanol–water partition coefficient (Wildman–Crippen LogP) is 3.67. The molecular formula is C17H12N2O2S. The molecule has 0 radical (unpaired) electrons. The van der Waals surface area contributed by atoms with E-state index in [1.54, 1.807) is 12.1 Å². The third-order valence-corrected chi connectivity index (χ3v) is 4.16. The van der Waals surface area contributed by atoms with Crippen LogP contribution in [0.1, 0.15) is 5.56 Å². The largest absolute Gasteiger partial charge is 0.479 e. The number of nitriles is 1. The Labute approximate surface area is 132 Å². The van der Waals surface area contributed by atoms with Crippen LogP contribution in [0.15, 0.2) is 58.3 Å². The SMILES string of the molecule is N#CCOc1ccc(/C=C2\Sc3ccccc3NC2=O)cc1. The maximum absolute atomic E-state index is 12.1. The van der Waals surface area contributed by atoms with Gasteiger partial charge in [0.2, 0.25) is 0 Å². The average Bonchev–Trinajstić information content (AvgIpc) is 2.55. The van der Waals surface area contributed by atoms with E-state index in [9.17, 15) is 4.79 Å². The molecular weight excluding hydrogens is 296 g/mol. The average molecular weight is 308 g/mol. The number of para-hydroxylation sites is 1. The van der Waals surface area contributed by atoms with Gasteiger partial charge in [-0.3, -0.25) is 4.79 Å². The van der Waals surface area contributed by atoms with Gasteiger partial charge < -0.3 is 10.1 Å². The molecule has 0 saturated carbocycles. The molecule has 1 amide bonds. The molecule has 2 aromatic carbocycles. The van der Waals surface area contributed by atoms with Gasteiger partial charge in [0, 0.05) is 4.90 Å². The zero-order chi connectivity index (χ0) is 15.4. The molecule has 0 aliphatic carbocycles. The fourth-order valence-electron chi connectivity index (χ4n) is 2.03. The lowest BCUT2D eigenvalue weighted by Gasteiger charge is -2.18. The minimum absolute atomic E-state index is 0.0233. The number of thioether (sulfide) groups is 1. The number of fused-ring (bicyclic) bond motifs is 1. The number of nitrogens with zero attached hydrogens (tertiary/aromatic N) is 1. The Kier molecular flexibility index (Phi) is 4.12. The van der Waals surface area contributed by atoms with E-state index in [0.29, 0.717) is 10.7 Å². The number of carbonyl (C=O) groups is 1. The number of anilines is 1. The first-order valence-electron chi connectivity index (χ1n) is 6.66. The minimum atomic E-state index is -0.103. The monoisotopic (exact) mass is 308 g/mol. The van der Waals surface area contributed by atoms with E-state index < -0.39 is 0 Å². The van der Waals surface area contributed by atoms with Crippen molar-refractivity contribution < 1.29 is 9.53 Å². The van der Waals surface area contributed by atoms with Gasteiger partial charge in [-0.15, -0.1) is 0 Å². The predicted molar refractivity (Wildman–Crippen MR) is 86.5 cm³/mol. The molecule has 2 aromatic rings. The van der Waals surface area contributed by atoms with Gasteiger partial charge in [0.25, 0.3) is 5.91 Å². The summed E-state index contributed by atoms with van der Waals surface area (Å²) < 4.78 is 5.20. The Morgan fingerprint density at radius 3 is 2.73 bits per heavy atom. The molecule has 1 aliphatic rings. The maximum Gasteiger partial charge on any atom is 0.262 e. The highest BCUT2D eigenvalue weighted by molar-refractivity contribution is 8.04. The van der Waals surface area contributed by atoms with E-state index in [1.165, 1.54) is 11.8 Å². The van der Waals surface area contributed by atoms with Crippen LogP contribution in [0.2, 0.25) is 0 Å². The first-order valence-corrected chi connectivity index (χ1v) is 7.47. The summed E-state index contributed by atoms with van der Waals surface area (Å²) in [5, 5.41) is 11.4. The number of ether oxygens (including phenoxy) is 1. The first kappa shape index (κ1) is 14.2. The summed E-state index contributed by atoms with van der Waals surface area (Å²) in [7, 11) is 0. The zero-order valence-corrected chi connectivity index (χ0v) is 12.4. The van der Waals surface area contributed by atoms with Gasteiger partial charge in [0.15, 0.2) is 6.61 Å². The second-order valence-corrected chi connectivity index (χ2v) is 5.66. The summed E-state index contributed by atoms with van der Waals surface area (Å²) in [6.45, 7) is 0.0233. The van der Waals surface area contributed by atoms with Gasteiger partial charge in [0.1, 0.15) is 11.8 Å². The van der Waals surface area contributed by atoms with Crippen LogP contribution in [0.4, 0.5) is 5.69 Å². The summed E-state index contributed by atoms with van der Waals surface area (Å²) in [6, 6.07) is 16.9. The molecule has 0 atom stereocenters. The smallest absolute Gasteiger partial charge is 0.262 e. The molecule has 4 nitrogen and oxygen atoms in total. The second kappa shape index (κ2) is 6.37. The number of nitrogens with one attached hydrogen (secondary N) is 1. The van der Waals surface area contributed by atoms with Crippen molar-refractivity contribution in [2.75, 3.05) is 11.9 Å². The zero-order valence-electron chi connectivity index (χ0n) is 11.6. The molecule has 1 N–H and O–H groups in total. The summed E-state index contributed by atoms with van der Waals surface area (Å²) in [6.07, 6.45) is 1.84. The third kappa shape index (κ3) is 3.13. The van der Waals surface area contributed by atoms with Crippen LogP contribution in [0.25, 0.3) is 6.08 Å². The van der Waals surface area contributed by atoms with Crippen LogP contribution in [0.3, 0.4) is 0 Å². The van der Waals surface area contributed by atoms with E-state index >= 15 is 0 Å². The molecule has 1 aliphatic heterocycles. The third-order valence-electron chi connectivity index (χ3n) is 3.06. The summed E-state index contributed by atoms with van der Waals surface area (Å²) in [5.41, 5.74) is 1.75. The van der Waals surface area contributed by atoms with Gasteiger partial charge in [0.05, 0.1) is 10.6 Å². The fourth-order valence-corrected chi connectivity index (χ4v) is 2.98. The van der Waals surface area contributed by atoms with Crippen molar-refractivity contribution in [2.45, 2.75) is 4.90 Å². The fraction of sp³-hybridized carbons (Fsp3) is 0.0588. The molecule has 0 aromatic heterocycles. The number of hydrogen-bond donors (Lipinski definition) is 1. The second-order valence-electron chi connectivity index (χ2n) is 4.58. The number of amides is 1. The molecule has 3 rings (SSSR count). The lowest BCUT2D eigenvalue weighted by molar-refractivity contribution is -0.112. The summed E-state index contributed by atoms with van der Waals surface area (Å²) in [5.74, 6) is 0.531. The van der Waals surface area contributed by atoms with E-state index in [2.05, 4.69) is 5.32 Å². The molecule has 0 fully saturated rings. The van der Waals surface area contributed by atoms with Gasteiger partial charge in [-0.1, -0.05) is 36.0 Å². The van der Waals surface area contributed by atoms with Crippen molar-refractivity contribution in [3.63, 3.8) is 0 Å². The topological polar surface area (TPSA) is 62.1 Å². The Morgan fingerprint density at radius 2 is 1.95 bits per heavy atom. The highest BCUT2D eigenvalue weighted by Gasteiger charge is 2.20. The Bertz CT molecular complexity index is 776. The van der Waals surface area contributed by atoms with E-state index in [1.807, 2.05) is 48.5 Å². The quantitative estimate of drug-likeness (QED) is 0.879. The van der Waals surface area contributed by atoms with Crippen molar-refractivity contribution in [3.05, 3.63) is 59.0 Å². The molecule has 108 valence electrons. The number of hydrogen-bond acceptors (Lipinski definition) is 4.